The SMILES string of the molecule is CCOc1cc(C(=O)C(C)=O)ccc1O. The molecule has 1 aromatic carbocycles. The van der Waals surface area contributed by atoms with Gasteiger partial charge in [-0.1, -0.05) is 0 Å². The first-order valence-corrected chi connectivity index (χ1v) is 4.57. The van der Waals surface area contributed by atoms with E-state index in [4.69, 9.17) is 4.74 Å². The zero-order chi connectivity index (χ0) is 11.4. The summed E-state index contributed by atoms with van der Waals surface area (Å²) in [5.41, 5.74) is 0.226. The molecule has 1 rings (SSSR count). The molecule has 4 heteroatoms. The number of hydrogen-bond acceptors (Lipinski definition) is 4. The normalized spacial score (nSPS) is 9.73. The predicted octanol–water partition coefficient (Wildman–Crippen LogP) is 1.56. The Morgan fingerprint density at radius 3 is 2.60 bits per heavy atom. The van der Waals surface area contributed by atoms with Crippen LogP contribution in [0.3, 0.4) is 0 Å². The Labute approximate surface area is 87.5 Å². The minimum absolute atomic E-state index is 0.0445. The van der Waals surface area contributed by atoms with Crippen LogP contribution in [-0.2, 0) is 4.79 Å². The molecular formula is C11H12O4. The number of ketones is 2. The number of carbonyl (C=O) groups is 2. The van der Waals surface area contributed by atoms with Crippen molar-refractivity contribution in [3.05, 3.63) is 23.8 Å². The molecule has 0 heterocycles. The van der Waals surface area contributed by atoms with Gasteiger partial charge in [-0.3, -0.25) is 9.59 Å². The van der Waals surface area contributed by atoms with Crippen LogP contribution in [0.1, 0.15) is 24.2 Å². The van der Waals surface area contributed by atoms with Crippen LogP contribution in [0.5, 0.6) is 11.5 Å². The van der Waals surface area contributed by atoms with Crippen LogP contribution >= 0.6 is 0 Å². The van der Waals surface area contributed by atoms with Gasteiger partial charge in [-0.25, -0.2) is 0 Å². The van der Waals surface area contributed by atoms with Gasteiger partial charge < -0.3 is 9.84 Å². The summed E-state index contributed by atoms with van der Waals surface area (Å²) in [6, 6.07) is 4.09. The number of ether oxygens (including phenoxy) is 1. The summed E-state index contributed by atoms with van der Waals surface area (Å²) in [5, 5.41) is 9.37. The van der Waals surface area contributed by atoms with Gasteiger partial charge in [0.2, 0.25) is 5.78 Å². The molecule has 0 aromatic heterocycles. The number of hydrogen-bond donors (Lipinski definition) is 1. The van der Waals surface area contributed by atoms with Gasteiger partial charge in [0.1, 0.15) is 0 Å². The van der Waals surface area contributed by atoms with E-state index in [0.29, 0.717) is 6.61 Å². The average molecular weight is 208 g/mol. The quantitative estimate of drug-likeness (QED) is 0.602. The number of aromatic hydroxyl groups is 1. The fourth-order valence-electron chi connectivity index (χ4n) is 1.13. The third-order valence-electron chi connectivity index (χ3n) is 1.84. The maximum atomic E-state index is 11.3. The van der Waals surface area contributed by atoms with Crippen molar-refractivity contribution >= 4 is 11.6 Å². The third kappa shape index (κ3) is 2.56. The predicted molar refractivity (Wildman–Crippen MR) is 54.3 cm³/mol. The highest BCUT2D eigenvalue weighted by Gasteiger charge is 2.13. The molecule has 1 N–H and O–H groups in total. The fraction of sp³-hybridized carbons (Fsp3) is 0.273. The van der Waals surface area contributed by atoms with Crippen LogP contribution in [0, 0.1) is 0 Å². The van der Waals surface area contributed by atoms with Crippen molar-refractivity contribution in [2.45, 2.75) is 13.8 Å². The minimum Gasteiger partial charge on any atom is -0.504 e. The lowest BCUT2D eigenvalue weighted by Gasteiger charge is -2.06. The maximum Gasteiger partial charge on any atom is 0.228 e. The highest BCUT2D eigenvalue weighted by molar-refractivity contribution is 6.42. The summed E-state index contributed by atoms with van der Waals surface area (Å²) in [4.78, 5) is 22.2. The first-order chi connectivity index (χ1) is 7.06. The Hall–Kier alpha value is -1.84. The molecule has 0 spiro atoms. The van der Waals surface area contributed by atoms with Gasteiger partial charge in [0.25, 0.3) is 0 Å². The van der Waals surface area contributed by atoms with Gasteiger partial charge in [0.05, 0.1) is 6.61 Å². The molecule has 0 atom stereocenters. The van der Waals surface area contributed by atoms with Crippen LogP contribution < -0.4 is 4.74 Å². The molecule has 0 fully saturated rings. The van der Waals surface area contributed by atoms with Gasteiger partial charge in [0, 0.05) is 12.5 Å². The highest BCUT2D eigenvalue weighted by atomic mass is 16.5. The van der Waals surface area contributed by atoms with Crippen molar-refractivity contribution in [2.75, 3.05) is 6.61 Å². The average Bonchev–Trinajstić information content (AvgIpc) is 2.20. The minimum atomic E-state index is -0.587. The molecule has 0 amide bonds. The van der Waals surface area contributed by atoms with Crippen molar-refractivity contribution in [2.24, 2.45) is 0 Å². The largest absolute Gasteiger partial charge is 0.504 e. The van der Waals surface area contributed by atoms with E-state index in [1.54, 1.807) is 6.92 Å². The standard InChI is InChI=1S/C11H12O4/c1-3-15-10-6-8(4-5-9(10)13)11(14)7(2)12/h4-6,13H,3H2,1-2H3. The van der Waals surface area contributed by atoms with Crippen molar-refractivity contribution in [3.63, 3.8) is 0 Å². The monoisotopic (exact) mass is 208 g/mol. The lowest BCUT2D eigenvalue weighted by atomic mass is 10.1. The number of Topliss-reactive ketones (excluding diaryl/α,β-unsaturated/α-hetero) is 2. The first-order valence-electron chi connectivity index (χ1n) is 4.57. The molecule has 80 valence electrons. The third-order valence-corrected chi connectivity index (χ3v) is 1.84. The number of phenols is 1. The van der Waals surface area contributed by atoms with Gasteiger partial charge in [-0.05, 0) is 25.1 Å². The number of phenolic OH excluding ortho intramolecular Hbond substituents is 1. The lowest BCUT2D eigenvalue weighted by molar-refractivity contribution is -0.113. The van der Waals surface area contributed by atoms with Crippen LogP contribution in [0.25, 0.3) is 0 Å². The van der Waals surface area contributed by atoms with Gasteiger partial charge in [0.15, 0.2) is 17.3 Å². The molecule has 15 heavy (non-hydrogen) atoms. The Morgan fingerprint density at radius 2 is 2.07 bits per heavy atom. The molecule has 0 aliphatic carbocycles. The summed E-state index contributed by atoms with van der Waals surface area (Å²) >= 11 is 0. The van der Waals surface area contributed by atoms with Crippen LogP contribution in [0.4, 0.5) is 0 Å². The summed E-state index contributed by atoms with van der Waals surface area (Å²) in [6.07, 6.45) is 0. The van der Waals surface area contributed by atoms with Gasteiger partial charge >= 0.3 is 0 Å². The van der Waals surface area contributed by atoms with E-state index in [1.165, 1.54) is 25.1 Å². The Bertz CT molecular complexity index is 396. The van der Waals surface area contributed by atoms with Crippen molar-refractivity contribution in [3.8, 4) is 11.5 Å². The van der Waals surface area contributed by atoms with Crippen LogP contribution in [0.15, 0.2) is 18.2 Å². The number of carbonyl (C=O) groups excluding carboxylic acids is 2. The molecule has 0 saturated carbocycles. The molecule has 0 unspecified atom stereocenters. The van der Waals surface area contributed by atoms with Crippen LogP contribution in [0.2, 0.25) is 0 Å². The molecule has 0 saturated heterocycles. The molecule has 0 bridgehead atoms. The molecule has 1 aromatic rings. The molecule has 0 aliphatic heterocycles. The number of benzene rings is 1. The summed E-state index contributed by atoms with van der Waals surface area (Å²) in [5.74, 6) is -0.958. The Balaban J connectivity index is 3.07. The molecule has 0 radical (unpaired) electrons. The Kier molecular flexibility index (Phi) is 3.44. The smallest absolute Gasteiger partial charge is 0.228 e. The molecule has 4 nitrogen and oxygen atoms in total. The second kappa shape index (κ2) is 4.59. The maximum absolute atomic E-state index is 11.3. The zero-order valence-electron chi connectivity index (χ0n) is 8.61. The second-order valence-electron chi connectivity index (χ2n) is 3.00. The van der Waals surface area contributed by atoms with E-state index in [0.717, 1.165) is 0 Å². The first kappa shape index (κ1) is 11.2. The molecular weight excluding hydrogens is 196 g/mol. The van der Waals surface area contributed by atoms with Crippen molar-refractivity contribution in [1.82, 2.24) is 0 Å². The van der Waals surface area contributed by atoms with E-state index in [-0.39, 0.29) is 17.1 Å². The van der Waals surface area contributed by atoms with Gasteiger partial charge in [-0.2, -0.15) is 0 Å². The summed E-state index contributed by atoms with van der Waals surface area (Å²) in [6.45, 7) is 3.35. The van der Waals surface area contributed by atoms with E-state index in [1.807, 2.05) is 0 Å². The van der Waals surface area contributed by atoms with E-state index < -0.39 is 11.6 Å². The topological polar surface area (TPSA) is 63.6 Å². The van der Waals surface area contributed by atoms with E-state index >= 15 is 0 Å². The highest BCUT2D eigenvalue weighted by Crippen LogP contribution is 2.26. The summed E-state index contributed by atoms with van der Waals surface area (Å²) in [7, 11) is 0. The van der Waals surface area contributed by atoms with Crippen molar-refractivity contribution in [1.29, 1.82) is 0 Å². The van der Waals surface area contributed by atoms with Crippen molar-refractivity contribution < 1.29 is 19.4 Å². The summed E-state index contributed by atoms with van der Waals surface area (Å²) < 4.78 is 5.09. The number of rotatable bonds is 4. The Morgan fingerprint density at radius 1 is 1.40 bits per heavy atom. The molecule has 0 aliphatic rings. The van der Waals surface area contributed by atoms with E-state index in [9.17, 15) is 14.7 Å². The van der Waals surface area contributed by atoms with E-state index in [2.05, 4.69) is 0 Å². The van der Waals surface area contributed by atoms with Gasteiger partial charge in [-0.15, -0.1) is 0 Å². The zero-order valence-corrected chi connectivity index (χ0v) is 8.61. The second-order valence-corrected chi connectivity index (χ2v) is 3.00. The lowest BCUT2D eigenvalue weighted by Crippen LogP contribution is -2.09. The van der Waals surface area contributed by atoms with Crippen LogP contribution in [-0.4, -0.2) is 23.3 Å². The fourth-order valence-corrected chi connectivity index (χ4v) is 1.13.